The van der Waals surface area contributed by atoms with Gasteiger partial charge in [-0.15, -0.1) is 0 Å². The number of carbonyl (C=O) groups is 2. The van der Waals surface area contributed by atoms with Gasteiger partial charge in [0.25, 0.3) is 5.91 Å². The second-order valence-electron chi connectivity index (χ2n) is 6.18. The first kappa shape index (κ1) is 16.3. The molecule has 1 saturated carbocycles. The molecule has 2 unspecified atom stereocenters. The molecule has 1 aliphatic rings. The van der Waals surface area contributed by atoms with Crippen LogP contribution in [-0.4, -0.2) is 23.2 Å². The van der Waals surface area contributed by atoms with Crippen LogP contribution in [0.15, 0.2) is 42.6 Å². The van der Waals surface area contributed by atoms with Gasteiger partial charge < -0.3 is 10.1 Å². The van der Waals surface area contributed by atoms with E-state index in [9.17, 15) is 14.0 Å². The van der Waals surface area contributed by atoms with E-state index >= 15 is 0 Å². The average molecular weight is 326 g/mol. The van der Waals surface area contributed by atoms with Crippen LogP contribution in [0.3, 0.4) is 0 Å². The first-order valence-corrected chi connectivity index (χ1v) is 8.14. The highest BCUT2D eigenvalue weighted by Crippen LogP contribution is 2.23. The average Bonchev–Trinajstić information content (AvgIpc) is 2.62. The van der Waals surface area contributed by atoms with Gasteiger partial charge in [0.05, 0.1) is 11.3 Å². The van der Waals surface area contributed by atoms with E-state index < -0.39 is 0 Å². The largest absolute Gasteiger partial charge is 0.349 e. The number of nitrogens with one attached hydrogen (secondary N) is 1. The van der Waals surface area contributed by atoms with Crippen LogP contribution in [0.5, 0.6) is 0 Å². The zero-order valence-corrected chi connectivity index (χ0v) is 13.2. The number of hydrogen-bond donors (Lipinski definition) is 1. The molecular formula is C19H19FN2O2. The Labute approximate surface area is 140 Å². The van der Waals surface area contributed by atoms with Crippen molar-refractivity contribution in [2.24, 2.45) is 5.92 Å². The Morgan fingerprint density at radius 2 is 2.12 bits per heavy atom. The number of nitrogens with zero attached hydrogens (tertiary/aromatic N) is 1. The Hall–Kier alpha value is -2.56. The molecule has 1 aromatic carbocycles. The number of benzene rings is 1. The fraction of sp³-hybridized carbons (Fsp3) is 0.316. The molecule has 2 aromatic rings. The summed E-state index contributed by atoms with van der Waals surface area (Å²) in [4.78, 5) is 27.5. The first-order chi connectivity index (χ1) is 11.7. The topological polar surface area (TPSA) is 59.1 Å². The smallest absolute Gasteiger partial charge is 0.253 e. The summed E-state index contributed by atoms with van der Waals surface area (Å²) in [6, 6.07) is 9.60. The van der Waals surface area contributed by atoms with Crippen molar-refractivity contribution in [3.8, 4) is 11.3 Å². The van der Waals surface area contributed by atoms with Crippen LogP contribution >= 0.6 is 0 Å². The van der Waals surface area contributed by atoms with Crippen molar-refractivity contribution in [1.82, 2.24) is 10.3 Å². The minimum absolute atomic E-state index is 0.0318. The number of aromatic nitrogens is 1. The molecule has 3 rings (SSSR count). The van der Waals surface area contributed by atoms with Gasteiger partial charge in [-0.05, 0) is 43.5 Å². The van der Waals surface area contributed by atoms with Crippen molar-refractivity contribution in [3.05, 3.63) is 54.0 Å². The molecule has 24 heavy (non-hydrogen) atoms. The second-order valence-corrected chi connectivity index (χ2v) is 6.18. The summed E-state index contributed by atoms with van der Waals surface area (Å²) in [5, 5.41) is 2.97. The van der Waals surface area contributed by atoms with E-state index in [1.165, 1.54) is 18.3 Å². The molecule has 0 spiro atoms. The van der Waals surface area contributed by atoms with Gasteiger partial charge in [-0.2, -0.15) is 0 Å². The van der Waals surface area contributed by atoms with E-state index in [-0.39, 0.29) is 23.7 Å². The molecule has 1 amide bonds. The molecule has 1 heterocycles. The maximum absolute atomic E-state index is 13.3. The Morgan fingerprint density at radius 1 is 1.25 bits per heavy atom. The first-order valence-electron chi connectivity index (χ1n) is 8.14. The van der Waals surface area contributed by atoms with E-state index in [1.54, 1.807) is 24.3 Å². The van der Waals surface area contributed by atoms with Crippen LogP contribution < -0.4 is 5.32 Å². The predicted molar refractivity (Wildman–Crippen MR) is 88.9 cm³/mol. The molecule has 1 aromatic heterocycles. The summed E-state index contributed by atoms with van der Waals surface area (Å²) in [5.41, 5.74) is 1.75. The molecule has 124 valence electrons. The third-order valence-corrected chi connectivity index (χ3v) is 4.39. The van der Waals surface area contributed by atoms with Gasteiger partial charge in [0, 0.05) is 23.7 Å². The molecule has 0 bridgehead atoms. The van der Waals surface area contributed by atoms with E-state index in [0.717, 1.165) is 25.5 Å². The SMILES string of the molecule is O=CC1CCCC(NC(=O)c2ccc(-c3cccc(F)c3)nc2)C1. The number of carbonyl (C=O) groups excluding carboxylic acids is 2. The number of hydrogen-bond acceptors (Lipinski definition) is 3. The van der Waals surface area contributed by atoms with Crippen molar-refractivity contribution in [2.45, 2.75) is 31.7 Å². The third-order valence-electron chi connectivity index (χ3n) is 4.39. The molecule has 1 aliphatic carbocycles. The zero-order chi connectivity index (χ0) is 16.9. The molecule has 0 aliphatic heterocycles. The summed E-state index contributed by atoms with van der Waals surface area (Å²) in [7, 11) is 0. The van der Waals surface area contributed by atoms with Crippen molar-refractivity contribution in [2.75, 3.05) is 0 Å². The Bertz CT molecular complexity index is 730. The molecule has 1 fully saturated rings. The third kappa shape index (κ3) is 3.85. The van der Waals surface area contributed by atoms with Gasteiger partial charge in [0.15, 0.2) is 0 Å². The summed E-state index contributed by atoms with van der Waals surface area (Å²) < 4.78 is 13.3. The van der Waals surface area contributed by atoms with Crippen LogP contribution in [-0.2, 0) is 4.79 Å². The molecule has 2 atom stereocenters. The molecule has 0 saturated heterocycles. The highest BCUT2D eigenvalue weighted by atomic mass is 19.1. The highest BCUT2D eigenvalue weighted by molar-refractivity contribution is 5.94. The lowest BCUT2D eigenvalue weighted by Gasteiger charge is -2.26. The lowest BCUT2D eigenvalue weighted by molar-refractivity contribution is -0.112. The quantitative estimate of drug-likeness (QED) is 0.876. The second kappa shape index (κ2) is 7.34. The maximum atomic E-state index is 13.3. The Balaban J connectivity index is 1.66. The van der Waals surface area contributed by atoms with Crippen LogP contribution in [0.25, 0.3) is 11.3 Å². The lowest BCUT2D eigenvalue weighted by Crippen LogP contribution is -2.38. The van der Waals surface area contributed by atoms with E-state index in [0.29, 0.717) is 23.2 Å². The highest BCUT2D eigenvalue weighted by Gasteiger charge is 2.23. The summed E-state index contributed by atoms with van der Waals surface area (Å²) in [6.07, 6.45) is 5.92. The van der Waals surface area contributed by atoms with Gasteiger partial charge in [-0.25, -0.2) is 4.39 Å². The minimum atomic E-state index is -0.321. The molecular weight excluding hydrogens is 307 g/mol. The van der Waals surface area contributed by atoms with Crippen molar-refractivity contribution in [1.29, 1.82) is 0 Å². The van der Waals surface area contributed by atoms with E-state index in [2.05, 4.69) is 10.3 Å². The van der Waals surface area contributed by atoms with Gasteiger partial charge in [0.2, 0.25) is 0 Å². The standard InChI is InChI=1S/C19H19FN2O2/c20-16-5-2-4-14(10-16)18-8-7-15(11-21-18)19(24)22-17-6-1-3-13(9-17)12-23/h2,4-5,7-8,10-13,17H,1,3,6,9H2,(H,22,24). The van der Waals surface area contributed by atoms with Crippen LogP contribution in [0, 0.1) is 11.7 Å². The minimum Gasteiger partial charge on any atom is -0.349 e. The Morgan fingerprint density at radius 3 is 2.83 bits per heavy atom. The number of aldehydes is 1. The number of pyridine rings is 1. The maximum Gasteiger partial charge on any atom is 0.253 e. The lowest BCUT2D eigenvalue weighted by atomic mass is 9.86. The number of halogens is 1. The van der Waals surface area contributed by atoms with E-state index in [4.69, 9.17) is 0 Å². The zero-order valence-electron chi connectivity index (χ0n) is 13.2. The fourth-order valence-electron chi connectivity index (χ4n) is 3.10. The van der Waals surface area contributed by atoms with Crippen LogP contribution in [0.2, 0.25) is 0 Å². The Kier molecular flexibility index (Phi) is 4.99. The summed E-state index contributed by atoms with van der Waals surface area (Å²) >= 11 is 0. The summed E-state index contributed by atoms with van der Waals surface area (Å²) in [5.74, 6) is -0.472. The summed E-state index contributed by atoms with van der Waals surface area (Å²) in [6.45, 7) is 0. The van der Waals surface area contributed by atoms with Crippen molar-refractivity contribution in [3.63, 3.8) is 0 Å². The molecule has 1 N–H and O–H groups in total. The molecule has 4 nitrogen and oxygen atoms in total. The molecule has 5 heteroatoms. The van der Waals surface area contributed by atoms with Crippen LogP contribution in [0.1, 0.15) is 36.0 Å². The molecule has 0 radical (unpaired) electrons. The van der Waals surface area contributed by atoms with Gasteiger partial charge in [-0.3, -0.25) is 9.78 Å². The normalized spacial score (nSPS) is 20.4. The van der Waals surface area contributed by atoms with Gasteiger partial charge in [-0.1, -0.05) is 18.6 Å². The van der Waals surface area contributed by atoms with Crippen molar-refractivity contribution >= 4 is 12.2 Å². The van der Waals surface area contributed by atoms with Gasteiger partial charge in [0.1, 0.15) is 12.1 Å². The van der Waals surface area contributed by atoms with Crippen molar-refractivity contribution < 1.29 is 14.0 Å². The predicted octanol–water partition coefficient (Wildman–Crippen LogP) is 3.38. The van der Waals surface area contributed by atoms with Crippen LogP contribution in [0.4, 0.5) is 4.39 Å². The van der Waals surface area contributed by atoms with Gasteiger partial charge >= 0.3 is 0 Å². The monoisotopic (exact) mass is 326 g/mol. The number of rotatable bonds is 4. The van der Waals surface area contributed by atoms with E-state index in [1.807, 2.05) is 0 Å². The number of amides is 1. The fourth-order valence-corrected chi connectivity index (χ4v) is 3.10.